The molecule has 0 aliphatic heterocycles. The van der Waals surface area contributed by atoms with E-state index in [0.717, 1.165) is 23.9 Å². The third-order valence-electron chi connectivity index (χ3n) is 3.67. The molecule has 90 valence electrons. The number of nitrogens with two attached hydrogens (primary N) is 1. The maximum absolute atomic E-state index is 6.12. The van der Waals surface area contributed by atoms with E-state index >= 15 is 0 Å². The Labute approximate surface area is 98.1 Å². The summed E-state index contributed by atoms with van der Waals surface area (Å²) < 4.78 is 2.07. The van der Waals surface area contributed by atoms with Gasteiger partial charge in [-0.05, 0) is 26.2 Å². The van der Waals surface area contributed by atoms with Gasteiger partial charge >= 0.3 is 0 Å². The summed E-state index contributed by atoms with van der Waals surface area (Å²) in [7, 11) is 0. The maximum atomic E-state index is 6.12. The number of nitrogens with zero attached hydrogens (tertiary/aromatic N) is 2. The van der Waals surface area contributed by atoms with Gasteiger partial charge in [-0.15, -0.1) is 0 Å². The molecule has 1 aliphatic carbocycles. The summed E-state index contributed by atoms with van der Waals surface area (Å²) in [6.45, 7) is 4.28. The van der Waals surface area contributed by atoms with Gasteiger partial charge in [0.15, 0.2) is 0 Å². The van der Waals surface area contributed by atoms with Gasteiger partial charge in [0.1, 0.15) is 5.82 Å². The first-order valence-electron chi connectivity index (χ1n) is 6.49. The molecule has 1 saturated carbocycles. The van der Waals surface area contributed by atoms with Crippen molar-refractivity contribution in [3.8, 4) is 0 Å². The smallest absolute Gasteiger partial charge is 0.126 e. The zero-order valence-electron chi connectivity index (χ0n) is 10.4. The van der Waals surface area contributed by atoms with Crippen LogP contribution in [0.3, 0.4) is 0 Å². The summed E-state index contributed by atoms with van der Waals surface area (Å²) in [6, 6.07) is 0.410. The summed E-state index contributed by atoms with van der Waals surface area (Å²) in [6.07, 6.45) is 9.85. The van der Waals surface area contributed by atoms with Gasteiger partial charge in [0.2, 0.25) is 0 Å². The van der Waals surface area contributed by atoms with Crippen LogP contribution in [0.2, 0.25) is 0 Å². The third kappa shape index (κ3) is 2.39. The molecule has 0 amide bonds. The summed E-state index contributed by atoms with van der Waals surface area (Å²) in [5.41, 5.74) is 7.23. The topological polar surface area (TPSA) is 43.8 Å². The largest absolute Gasteiger partial charge is 0.384 e. The van der Waals surface area contributed by atoms with Crippen LogP contribution in [0.15, 0.2) is 6.33 Å². The second-order valence-electron chi connectivity index (χ2n) is 5.29. The second kappa shape index (κ2) is 4.89. The molecule has 1 heterocycles. The van der Waals surface area contributed by atoms with E-state index in [2.05, 4.69) is 23.4 Å². The van der Waals surface area contributed by atoms with Gasteiger partial charge in [-0.25, -0.2) is 4.98 Å². The molecule has 1 aromatic rings. The quantitative estimate of drug-likeness (QED) is 0.852. The molecule has 0 saturated heterocycles. The van der Waals surface area contributed by atoms with E-state index in [1.54, 1.807) is 0 Å². The molecule has 2 rings (SSSR count). The van der Waals surface area contributed by atoms with Crippen LogP contribution in [0.4, 0.5) is 5.82 Å². The average Bonchev–Trinajstić information content (AvgIpc) is 2.62. The van der Waals surface area contributed by atoms with Crippen molar-refractivity contribution in [3.63, 3.8) is 0 Å². The van der Waals surface area contributed by atoms with E-state index in [0.29, 0.717) is 6.04 Å². The van der Waals surface area contributed by atoms with E-state index in [1.165, 1.54) is 32.1 Å². The minimum absolute atomic E-state index is 0.410. The van der Waals surface area contributed by atoms with E-state index in [1.807, 2.05) is 6.33 Å². The minimum atomic E-state index is 0.410. The molecular formula is C13H23N3. The van der Waals surface area contributed by atoms with Crippen LogP contribution in [0, 0.1) is 5.92 Å². The molecule has 3 heteroatoms. The predicted octanol–water partition coefficient (Wildman–Crippen LogP) is 3.17. The van der Waals surface area contributed by atoms with Crippen LogP contribution in [-0.2, 0) is 6.42 Å². The lowest BCUT2D eigenvalue weighted by atomic mass is 9.86. The molecule has 1 aromatic heterocycles. The average molecular weight is 221 g/mol. The first-order chi connectivity index (χ1) is 7.68. The predicted molar refractivity (Wildman–Crippen MR) is 67.3 cm³/mol. The normalized spacial score (nSPS) is 18.2. The van der Waals surface area contributed by atoms with Crippen molar-refractivity contribution in [1.29, 1.82) is 0 Å². The summed E-state index contributed by atoms with van der Waals surface area (Å²) in [5, 5.41) is 0. The molecule has 0 aromatic carbocycles. The van der Waals surface area contributed by atoms with Crippen LogP contribution in [0.25, 0.3) is 0 Å². The minimum Gasteiger partial charge on any atom is -0.384 e. The van der Waals surface area contributed by atoms with E-state index < -0.39 is 0 Å². The van der Waals surface area contributed by atoms with Crippen LogP contribution in [0.1, 0.15) is 57.7 Å². The summed E-state index contributed by atoms with van der Waals surface area (Å²) in [5.74, 6) is 1.69. The van der Waals surface area contributed by atoms with Crippen LogP contribution < -0.4 is 5.73 Å². The molecule has 2 N–H and O–H groups in total. The number of imidazole rings is 1. The Balaban J connectivity index is 2.03. The fraction of sp³-hybridized carbons (Fsp3) is 0.769. The van der Waals surface area contributed by atoms with Crippen molar-refractivity contribution in [2.24, 2.45) is 5.92 Å². The molecule has 0 bridgehead atoms. The Morgan fingerprint density at radius 2 is 2.06 bits per heavy atom. The molecule has 0 spiro atoms. The van der Waals surface area contributed by atoms with Gasteiger partial charge in [0.25, 0.3) is 0 Å². The Morgan fingerprint density at radius 3 is 2.62 bits per heavy atom. The monoisotopic (exact) mass is 221 g/mol. The lowest BCUT2D eigenvalue weighted by molar-refractivity contribution is 0.355. The first kappa shape index (κ1) is 11.5. The van der Waals surface area contributed by atoms with Gasteiger partial charge in [0, 0.05) is 6.04 Å². The van der Waals surface area contributed by atoms with E-state index in [9.17, 15) is 0 Å². The zero-order chi connectivity index (χ0) is 11.5. The van der Waals surface area contributed by atoms with Crippen molar-refractivity contribution in [2.75, 3.05) is 5.73 Å². The van der Waals surface area contributed by atoms with E-state index in [-0.39, 0.29) is 0 Å². The Kier molecular flexibility index (Phi) is 3.52. The Hall–Kier alpha value is -0.990. The van der Waals surface area contributed by atoms with Crippen LogP contribution in [-0.4, -0.2) is 9.55 Å². The highest BCUT2D eigenvalue weighted by Crippen LogP contribution is 2.28. The molecule has 0 radical (unpaired) electrons. The Bertz CT molecular complexity index is 335. The maximum Gasteiger partial charge on any atom is 0.126 e. The lowest BCUT2D eigenvalue weighted by Crippen LogP contribution is -2.11. The molecule has 0 unspecified atom stereocenters. The van der Waals surface area contributed by atoms with Gasteiger partial charge in [-0.1, -0.05) is 32.1 Å². The highest BCUT2D eigenvalue weighted by atomic mass is 15.1. The van der Waals surface area contributed by atoms with Gasteiger partial charge in [0.05, 0.1) is 12.0 Å². The molecule has 1 fully saturated rings. The zero-order valence-corrected chi connectivity index (χ0v) is 10.4. The first-order valence-corrected chi connectivity index (χ1v) is 6.49. The van der Waals surface area contributed by atoms with Crippen LogP contribution in [0.5, 0.6) is 0 Å². The second-order valence-corrected chi connectivity index (χ2v) is 5.29. The van der Waals surface area contributed by atoms with Crippen molar-refractivity contribution in [1.82, 2.24) is 9.55 Å². The molecule has 16 heavy (non-hydrogen) atoms. The SMILES string of the molecule is CC(C)n1cnc(CC2CCCCC2)c1N. The van der Waals surface area contributed by atoms with Crippen molar-refractivity contribution in [3.05, 3.63) is 12.0 Å². The lowest BCUT2D eigenvalue weighted by Gasteiger charge is -2.20. The molecular weight excluding hydrogens is 198 g/mol. The highest BCUT2D eigenvalue weighted by Gasteiger charge is 2.18. The number of aromatic nitrogens is 2. The van der Waals surface area contributed by atoms with Crippen LogP contribution >= 0.6 is 0 Å². The fourth-order valence-corrected chi connectivity index (χ4v) is 2.64. The highest BCUT2D eigenvalue weighted by molar-refractivity contribution is 5.36. The number of anilines is 1. The summed E-state index contributed by atoms with van der Waals surface area (Å²) in [4.78, 5) is 4.47. The standard InChI is InChI=1S/C13H23N3/c1-10(2)16-9-15-12(13(16)14)8-11-6-4-3-5-7-11/h9-11H,3-8,14H2,1-2H3. The number of rotatable bonds is 3. The van der Waals surface area contributed by atoms with Gasteiger partial charge in [-0.3, -0.25) is 0 Å². The molecule has 3 nitrogen and oxygen atoms in total. The van der Waals surface area contributed by atoms with Gasteiger partial charge in [-0.2, -0.15) is 0 Å². The van der Waals surface area contributed by atoms with Gasteiger partial charge < -0.3 is 10.3 Å². The fourth-order valence-electron chi connectivity index (χ4n) is 2.64. The number of nitrogen functional groups attached to an aromatic ring is 1. The van der Waals surface area contributed by atoms with Crippen molar-refractivity contribution >= 4 is 5.82 Å². The summed E-state index contributed by atoms with van der Waals surface area (Å²) >= 11 is 0. The van der Waals surface area contributed by atoms with Crippen molar-refractivity contribution < 1.29 is 0 Å². The molecule has 1 aliphatic rings. The van der Waals surface area contributed by atoms with Crippen molar-refractivity contribution in [2.45, 2.75) is 58.4 Å². The van der Waals surface area contributed by atoms with E-state index in [4.69, 9.17) is 5.73 Å². The Morgan fingerprint density at radius 1 is 1.38 bits per heavy atom. The number of hydrogen-bond acceptors (Lipinski definition) is 2. The third-order valence-corrected chi connectivity index (χ3v) is 3.67. The molecule has 0 atom stereocenters. The number of hydrogen-bond donors (Lipinski definition) is 1.